The standard InChI is InChI=1S/C15H22Cl2N2O3S/c1-10(2)19-23(20,21)9-15-12(8-18-5-6-22-15)11-3-4-13(16)14(17)7-11/h3-4,7,10,12,15,18-19H,5-6,8-9H2,1-2H3/t12-,15+/m0/s1. The molecule has 1 fully saturated rings. The fourth-order valence-corrected chi connectivity index (χ4v) is 4.53. The van der Waals surface area contributed by atoms with Crippen LogP contribution in [0.2, 0.25) is 10.0 Å². The molecule has 5 nitrogen and oxygen atoms in total. The molecule has 1 aliphatic heterocycles. The van der Waals surface area contributed by atoms with Gasteiger partial charge < -0.3 is 10.1 Å². The van der Waals surface area contributed by atoms with Gasteiger partial charge in [-0.05, 0) is 31.5 Å². The van der Waals surface area contributed by atoms with Crippen molar-refractivity contribution in [2.24, 2.45) is 0 Å². The van der Waals surface area contributed by atoms with Crippen LogP contribution in [0.1, 0.15) is 25.3 Å². The predicted molar refractivity (Wildman–Crippen MR) is 93.9 cm³/mol. The first-order valence-corrected chi connectivity index (χ1v) is 9.96. The molecule has 1 heterocycles. The van der Waals surface area contributed by atoms with Gasteiger partial charge in [-0.3, -0.25) is 0 Å². The van der Waals surface area contributed by atoms with Gasteiger partial charge in [-0.1, -0.05) is 29.3 Å². The molecular weight excluding hydrogens is 359 g/mol. The minimum Gasteiger partial charge on any atom is -0.375 e. The van der Waals surface area contributed by atoms with Crippen LogP contribution in [-0.2, 0) is 14.8 Å². The minimum atomic E-state index is -3.42. The average molecular weight is 381 g/mol. The summed E-state index contributed by atoms with van der Waals surface area (Å²) in [5.74, 6) is -0.200. The maximum atomic E-state index is 12.3. The maximum Gasteiger partial charge on any atom is 0.214 e. The van der Waals surface area contributed by atoms with Gasteiger partial charge in [-0.25, -0.2) is 13.1 Å². The van der Waals surface area contributed by atoms with Gasteiger partial charge in [0, 0.05) is 25.0 Å². The summed E-state index contributed by atoms with van der Waals surface area (Å²) >= 11 is 12.1. The lowest BCUT2D eigenvalue weighted by Crippen LogP contribution is -2.40. The Morgan fingerprint density at radius 2 is 2.09 bits per heavy atom. The molecule has 1 aromatic rings. The molecule has 0 aromatic heterocycles. The third-order valence-corrected chi connectivity index (χ3v) is 5.93. The zero-order valence-electron chi connectivity index (χ0n) is 13.2. The Labute approximate surface area is 147 Å². The van der Waals surface area contributed by atoms with Gasteiger partial charge in [0.1, 0.15) is 0 Å². The van der Waals surface area contributed by atoms with E-state index >= 15 is 0 Å². The molecule has 0 spiro atoms. The summed E-state index contributed by atoms with van der Waals surface area (Å²) in [6, 6.07) is 5.22. The van der Waals surface area contributed by atoms with Crippen LogP contribution in [-0.4, -0.2) is 46.0 Å². The quantitative estimate of drug-likeness (QED) is 0.822. The van der Waals surface area contributed by atoms with E-state index in [1.165, 1.54) is 0 Å². The summed E-state index contributed by atoms with van der Waals surface area (Å²) in [6.07, 6.45) is -0.446. The summed E-state index contributed by atoms with van der Waals surface area (Å²) in [4.78, 5) is 0. The second-order valence-electron chi connectivity index (χ2n) is 5.95. The molecular formula is C15H22Cl2N2O3S. The Kier molecular flexibility index (Phi) is 6.71. The SMILES string of the molecule is CC(C)NS(=O)(=O)C[C@H]1OCCNC[C@H]1c1ccc(Cl)c(Cl)c1. The molecule has 1 aliphatic rings. The van der Waals surface area contributed by atoms with E-state index in [0.29, 0.717) is 29.7 Å². The topological polar surface area (TPSA) is 67.4 Å². The lowest BCUT2D eigenvalue weighted by Gasteiger charge is -2.25. The fourth-order valence-electron chi connectivity index (χ4n) is 2.65. The van der Waals surface area contributed by atoms with E-state index in [2.05, 4.69) is 10.0 Å². The number of halogens is 2. The molecule has 2 atom stereocenters. The van der Waals surface area contributed by atoms with Crippen LogP contribution in [0.4, 0.5) is 0 Å². The van der Waals surface area contributed by atoms with Crippen LogP contribution < -0.4 is 10.0 Å². The second kappa shape index (κ2) is 8.14. The molecule has 130 valence electrons. The minimum absolute atomic E-state index is 0.0855. The van der Waals surface area contributed by atoms with E-state index in [0.717, 1.165) is 5.56 Å². The molecule has 8 heteroatoms. The monoisotopic (exact) mass is 380 g/mol. The number of hydrogen-bond donors (Lipinski definition) is 2. The van der Waals surface area contributed by atoms with Gasteiger partial charge in [0.15, 0.2) is 0 Å². The molecule has 0 radical (unpaired) electrons. The number of hydrogen-bond acceptors (Lipinski definition) is 4. The largest absolute Gasteiger partial charge is 0.375 e. The smallest absolute Gasteiger partial charge is 0.214 e. The molecule has 2 N–H and O–H groups in total. The number of rotatable bonds is 5. The zero-order chi connectivity index (χ0) is 17.0. The Bertz CT molecular complexity index is 638. The van der Waals surface area contributed by atoms with Gasteiger partial charge >= 0.3 is 0 Å². The third-order valence-electron chi connectivity index (χ3n) is 3.59. The number of nitrogens with one attached hydrogen (secondary N) is 2. The average Bonchev–Trinajstić information content (AvgIpc) is 2.65. The summed E-state index contributed by atoms with van der Waals surface area (Å²) in [5, 5.41) is 4.20. The van der Waals surface area contributed by atoms with Crippen molar-refractivity contribution in [3.05, 3.63) is 33.8 Å². The van der Waals surface area contributed by atoms with Crippen molar-refractivity contribution in [1.82, 2.24) is 10.0 Å². The lowest BCUT2D eigenvalue weighted by atomic mass is 9.94. The van der Waals surface area contributed by atoms with Crippen molar-refractivity contribution in [3.63, 3.8) is 0 Å². The van der Waals surface area contributed by atoms with Gasteiger partial charge in [0.2, 0.25) is 10.0 Å². The highest BCUT2D eigenvalue weighted by Crippen LogP contribution is 2.30. The Morgan fingerprint density at radius 3 is 2.74 bits per heavy atom. The van der Waals surface area contributed by atoms with E-state index in [9.17, 15) is 8.42 Å². The first-order valence-electron chi connectivity index (χ1n) is 7.56. The van der Waals surface area contributed by atoms with Crippen molar-refractivity contribution in [1.29, 1.82) is 0 Å². The van der Waals surface area contributed by atoms with Gasteiger partial charge in [-0.15, -0.1) is 0 Å². The zero-order valence-corrected chi connectivity index (χ0v) is 15.5. The van der Waals surface area contributed by atoms with Crippen molar-refractivity contribution in [3.8, 4) is 0 Å². The van der Waals surface area contributed by atoms with Crippen LogP contribution in [0.3, 0.4) is 0 Å². The van der Waals surface area contributed by atoms with E-state index in [1.807, 2.05) is 6.07 Å². The van der Waals surface area contributed by atoms with Crippen molar-refractivity contribution in [2.75, 3.05) is 25.4 Å². The second-order valence-corrected chi connectivity index (χ2v) is 8.56. The van der Waals surface area contributed by atoms with E-state index in [1.54, 1.807) is 26.0 Å². The lowest BCUT2D eigenvalue weighted by molar-refractivity contribution is 0.0678. The van der Waals surface area contributed by atoms with Crippen LogP contribution in [0.15, 0.2) is 18.2 Å². The van der Waals surface area contributed by atoms with E-state index in [4.69, 9.17) is 27.9 Å². The Hall–Kier alpha value is -0.370. The van der Waals surface area contributed by atoms with E-state index < -0.39 is 16.1 Å². The summed E-state index contributed by atoms with van der Waals surface area (Å²) in [6.45, 7) is 5.37. The third kappa shape index (κ3) is 5.59. The Morgan fingerprint density at radius 1 is 1.35 bits per heavy atom. The molecule has 0 unspecified atom stereocenters. The van der Waals surface area contributed by atoms with Gasteiger partial charge in [-0.2, -0.15) is 0 Å². The number of benzene rings is 1. The molecule has 2 rings (SSSR count). The van der Waals surface area contributed by atoms with Crippen LogP contribution in [0.5, 0.6) is 0 Å². The summed E-state index contributed by atoms with van der Waals surface area (Å²) < 4.78 is 32.9. The molecule has 23 heavy (non-hydrogen) atoms. The predicted octanol–water partition coefficient (Wildman–Crippen LogP) is 2.39. The highest BCUT2D eigenvalue weighted by Gasteiger charge is 2.31. The highest BCUT2D eigenvalue weighted by molar-refractivity contribution is 7.89. The summed E-state index contributed by atoms with van der Waals surface area (Å²) in [7, 11) is -3.42. The van der Waals surface area contributed by atoms with E-state index in [-0.39, 0.29) is 17.7 Å². The van der Waals surface area contributed by atoms with Crippen LogP contribution >= 0.6 is 23.2 Å². The first-order chi connectivity index (χ1) is 10.8. The number of sulfonamides is 1. The van der Waals surface area contributed by atoms with Crippen molar-refractivity contribution >= 4 is 33.2 Å². The van der Waals surface area contributed by atoms with Gasteiger partial charge in [0.25, 0.3) is 0 Å². The highest BCUT2D eigenvalue weighted by atomic mass is 35.5. The number of ether oxygens (including phenoxy) is 1. The molecule has 1 aromatic carbocycles. The first kappa shape index (κ1) is 19.0. The molecule has 0 aliphatic carbocycles. The van der Waals surface area contributed by atoms with Crippen LogP contribution in [0, 0.1) is 0 Å². The maximum absolute atomic E-state index is 12.3. The van der Waals surface area contributed by atoms with Crippen molar-refractivity contribution < 1.29 is 13.2 Å². The molecule has 0 amide bonds. The Balaban J connectivity index is 2.24. The normalized spacial score (nSPS) is 23.0. The summed E-state index contributed by atoms with van der Waals surface area (Å²) in [5.41, 5.74) is 0.915. The van der Waals surface area contributed by atoms with Crippen LogP contribution in [0.25, 0.3) is 0 Å². The van der Waals surface area contributed by atoms with Gasteiger partial charge in [0.05, 0.1) is 28.5 Å². The molecule has 0 bridgehead atoms. The molecule has 1 saturated heterocycles. The van der Waals surface area contributed by atoms with Crippen molar-refractivity contribution in [2.45, 2.75) is 31.9 Å². The fraction of sp³-hybridized carbons (Fsp3) is 0.600. The molecule has 0 saturated carbocycles.